The molecule has 0 unspecified atom stereocenters. The van der Waals surface area contributed by atoms with Crippen LogP contribution < -0.4 is 0 Å². The molecule has 1 saturated heterocycles. The van der Waals surface area contributed by atoms with Crippen molar-refractivity contribution in [1.82, 2.24) is 9.80 Å². The van der Waals surface area contributed by atoms with Crippen molar-refractivity contribution in [1.29, 1.82) is 0 Å². The van der Waals surface area contributed by atoms with Crippen molar-refractivity contribution in [2.24, 2.45) is 0 Å². The monoisotopic (exact) mass is 276 g/mol. The zero-order chi connectivity index (χ0) is 14.7. The number of hydrogen-bond donors (Lipinski definition) is 1. The molecule has 0 saturated carbocycles. The molecular weight excluding hydrogens is 256 g/mol. The molecule has 0 bridgehead atoms. The van der Waals surface area contributed by atoms with Gasteiger partial charge in [-0.3, -0.25) is 9.59 Å². The Labute approximate surface area is 118 Å². The number of aliphatic hydroxyl groups excluding tert-OH is 1. The van der Waals surface area contributed by atoms with Crippen LogP contribution in [0, 0.1) is 6.92 Å². The third-order valence-electron chi connectivity index (χ3n) is 3.44. The van der Waals surface area contributed by atoms with Crippen molar-refractivity contribution in [2.75, 3.05) is 19.6 Å². The molecule has 5 heteroatoms. The number of rotatable bonds is 3. The average molecular weight is 276 g/mol. The van der Waals surface area contributed by atoms with E-state index in [9.17, 15) is 14.7 Å². The van der Waals surface area contributed by atoms with Crippen LogP contribution in [0.1, 0.15) is 18.1 Å². The summed E-state index contributed by atoms with van der Waals surface area (Å²) in [7, 11) is 0. The number of aliphatic hydroxyl groups is 1. The molecule has 2 rings (SSSR count). The summed E-state index contributed by atoms with van der Waals surface area (Å²) >= 11 is 0. The first-order valence-corrected chi connectivity index (χ1v) is 6.77. The lowest BCUT2D eigenvalue weighted by Crippen LogP contribution is -2.53. The van der Waals surface area contributed by atoms with E-state index >= 15 is 0 Å². The maximum absolute atomic E-state index is 12.1. The second-order valence-electron chi connectivity index (χ2n) is 5.24. The molecular formula is C15H20N2O3. The lowest BCUT2D eigenvalue weighted by atomic mass is 10.1. The Kier molecular flexibility index (Phi) is 4.39. The van der Waals surface area contributed by atoms with Gasteiger partial charge in [-0.15, -0.1) is 0 Å². The maximum Gasteiger partial charge on any atom is 0.251 e. The minimum atomic E-state index is -1.05. The molecule has 108 valence electrons. The van der Waals surface area contributed by atoms with E-state index in [-0.39, 0.29) is 18.4 Å². The summed E-state index contributed by atoms with van der Waals surface area (Å²) in [5, 5.41) is 9.27. The largest absolute Gasteiger partial charge is 0.384 e. The first-order valence-electron chi connectivity index (χ1n) is 6.77. The molecule has 1 aliphatic rings. The number of amides is 2. The lowest BCUT2D eigenvalue weighted by molar-refractivity contribution is -0.150. The summed E-state index contributed by atoms with van der Waals surface area (Å²) in [6.07, 6.45) is -1.05. The lowest BCUT2D eigenvalue weighted by Gasteiger charge is -2.35. The SMILES string of the molecule is Cc1cccc(CN2CCN(C(=O)[C@@H](C)O)CC2=O)c1. The van der Waals surface area contributed by atoms with E-state index in [1.54, 1.807) is 4.90 Å². The van der Waals surface area contributed by atoms with Crippen LogP contribution in [0.15, 0.2) is 24.3 Å². The van der Waals surface area contributed by atoms with Crippen molar-refractivity contribution in [3.05, 3.63) is 35.4 Å². The summed E-state index contributed by atoms with van der Waals surface area (Å²) < 4.78 is 0. The molecule has 5 nitrogen and oxygen atoms in total. The normalized spacial score (nSPS) is 17.2. The fourth-order valence-corrected chi connectivity index (χ4v) is 2.36. The van der Waals surface area contributed by atoms with Gasteiger partial charge >= 0.3 is 0 Å². The van der Waals surface area contributed by atoms with Gasteiger partial charge in [-0.05, 0) is 19.4 Å². The number of hydrogen-bond acceptors (Lipinski definition) is 3. The van der Waals surface area contributed by atoms with Gasteiger partial charge < -0.3 is 14.9 Å². The number of benzene rings is 1. The number of piperazine rings is 1. The van der Waals surface area contributed by atoms with Gasteiger partial charge in [0.05, 0.1) is 6.54 Å². The van der Waals surface area contributed by atoms with Crippen LogP contribution in [0.25, 0.3) is 0 Å². The molecule has 1 aliphatic heterocycles. The van der Waals surface area contributed by atoms with Crippen molar-refractivity contribution in [2.45, 2.75) is 26.5 Å². The van der Waals surface area contributed by atoms with Crippen molar-refractivity contribution < 1.29 is 14.7 Å². The smallest absolute Gasteiger partial charge is 0.251 e. The molecule has 1 heterocycles. The number of aryl methyl sites for hydroxylation is 1. The first-order chi connectivity index (χ1) is 9.47. The van der Waals surface area contributed by atoms with E-state index in [4.69, 9.17) is 0 Å². The fraction of sp³-hybridized carbons (Fsp3) is 0.467. The number of carbonyl (C=O) groups is 2. The third kappa shape index (κ3) is 3.36. The second kappa shape index (κ2) is 6.05. The first kappa shape index (κ1) is 14.5. The number of nitrogens with zero attached hydrogens (tertiary/aromatic N) is 2. The minimum absolute atomic E-state index is 0.0511. The Morgan fingerprint density at radius 3 is 2.75 bits per heavy atom. The Balaban J connectivity index is 1.97. The standard InChI is InChI=1S/C15H20N2O3/c1-11-4-3-5-13(8-11)9-16-6-7-17(10-14(16)19)15(20)12(2)18/h3-5,8,12,18H,6-7,9-10H2,1-2H3/t12-/m1/s1. The fourth-order valence-electron chi connectivity index (χ4n) is 2.36. The highest BCUT2D eigenvalue weighted by Crippen LogP contribution is 2.12. The van der Waals surface area contributed by atoms with Gasteiger partial charge in [0, 0.05) is 19.6 Å². The Hall–Kier alpha value is -1.88. The van der Waals surface area contributed by atoms with Gasteiger partial charge in [0.1, 0.15) is 6.10 Å². The van der Waals surface area contributed by atoms with E-state index in [0.717, 1.165) is 11.1 Å². The molecule has 20 heavy (non-hydrogen) atoms. The van der Waals surface area contributed by atoms with Gasteiger partial charge in [-0.25, -0.2) is 0 Å². The number of carbonyl (C=O) groups excluding carboxylic acids is 2. The van der Waals surface area contributed by atoms with Crippen LogP contribution in [-0.4, -0.2) is 52.5 Å². The Morgan fingerprint density at radius 2 is 2.15 bits per heavy atom. The summed E-state index contributed by atoms with van der Waals surface area (Å²) in [5.74, 6) is -0.458. The van der Waals surface area contributed by atoms with Crippen molar-refractivity contribution in [3.8, 4) is 0 Å². The summed E-state index contributed by atoms with van der Waals surface area (Å²) in [6, 6.07) is 8.04. The summed E-state index contributed by atoms with van der Waals surface area (Å²) in [4.78, 5) is 26.9. The Morgan fingerprint density at radius 1 is 1.40 bits per heavy atom. The summed E-state index contributed by atoms with van der Waals surface area (Å²) in [6.45, 7) is 5.04. The molecule has 1 aromatic carbocycles. The van der Waals surface area contributed by atoms with Crippen LogP contribution in [0.4, 0.5) is 0 Å². The van der Waals surface area contributed by atoms with Crippen LogP contribution >= 0.6 is 0 Å². The molecule has 1 atom stereocenters. The van der Waals surface area contributed by atoms with E-state index in [2.05, 4.69) is 6.07 Å². The van der Waals surface area contributed by atoms with Crippen molar-refractivity contribution in [3.63, 3.8) is 0 Å². The molecule has 0 aliphatic carbocycles. The van der Waals surface area contributed by atoms with E-state index in [0.29, 0.717) is 19.6 Å². The molecule has 0 radical (unpaired) electrons. The van der Waals surface area contributed by atoms with E-state index in [1.807, 2.05) is 25.1 Å². The molecule has 1 N–H and O–H groups in total. The maximum atomic E-state index is 12.1. The van der Waals surface area contributed by atoms with Gasteiger partial charge in [0.2, 0.25) is 5.91 Å². The zero-order valence-corrected chi connectivity index (χ0v) is 11.9. The molecule has 1 fully saturated rings. The quantitative estimate of drug-likeness (QED) is 0.877. The van der Waals surface area contributed by atoms with Crippen LogP contribution in [-0.2, 0) is 16.1 Å². The van der Waals surface area contributed by atoms with Crippen LogP contribution in [0.3, 0.4) is 0 Å². The highest BCUT2D eigenvalue weighted by Gasteiger charge is 2.28. The average Bonchev–Trinajstić information content (AvgIpc) is 2.40. The van der Waals surface area contributed by atoms with Crippen LogP contribution in [0.2, 0.25) is 0 Å². The van der Waals surface area contributed by atoms with Gasteiger partial charge in [0.25, 0.3) is 5.91 Å². The van der Waals surface area contributed by atoms with Crippen molar-refractivity contribution >= 4 is 11.8 Å². The summed E-state index contributed by atoms with van der Waals surface area (Å²) in [5.41, 5.74) is 2.26. The molecule has 2 amide bonds. The highest BCUT2D eigenvalue weighted by atomic mass is 16.3. The molecule has 0 aromatic heterocycles. The second-order valence-corrected chi connectivity index (χ2v) is 5.24. The van der Waals surface area contributed by atoms with Crippen LogP contribution in [0.5, 0.6) is 0 Å². The van der Waals surface area contributed by atoms with E-state index < -0.39 is 6.10 Å². The molecule has 1 aromatic rings. The van der Waals surface area contributed by atoms with Gasteiger partial charge in [0.15, 0.2) is 0 Å². The minimum Gasteiger partial charge on any atom is -0.384 e. The zero-order valence-electron chi connectivity index (χ0n) is 11.9. The topological polar surface area (TPSA) is 60.9 Å². The highest BCUT2D eigenvalue weighted by molar-refractivity contribution is 5.87. The predicted octanol–water partition coefficient (Wildman–Crippen LogP) is 0.547. The third-order valence-corrected chi connectivity index (χ3v) is 3.44. The van der Waals surface area contributed by atoms with Gasteiger partial charge in [-0.2, -0.15) is 0 Å². The molecule has 0 spiro atoms. The van der Waals surface area contributed by atoms with Gasteiger partial charge in [-0.1, -0.05) is 29.8 Å². The predicted molar refractivity (Wildman–Crippen MR) is 74.9 cm³/mol. The Bertz CT molecular complexity index is 514. The van der Waals surface area contributed by atoms with E-state index in [1.165, 1.54) is 11.8 Å².